The van der Waals surface area contributed by atoms with Crippen molar-refractivity contribution in [2.75, 3.05) is 13.2 Å². The van der Waals surface area contributed by atoms with Crippen molar-refractivity contribution in [2.45, 2.75) is 57.1 Å². The lowest BCUT2D eigenvalue weighted by atomic mass is 10.1. The van der Waals surface area contributed by atoms with E-state index in [1.807, 2.05) is 48.5 Å². The Labute approximate surface area is 255 Å². The number of carbonyl (C=O) groups is 1. The summed E-state index contributed by atoms with van der Waals surface area (Å²) >= 11 is 3.46. The van der Waals surface area contributed by atoms with E-state index in [0.29, 0.717) is 23.7 Å². The van der Waals surface area contributed by atoms with Gasteiger partial charge in [0.2, 0.25) is 0 Å². The molecular weight excluding hydrogens is 600 g/mol. The topological polar surface area (TPSA) is 103 Å². The molecule has 0 aliphatic carbocycles. The Bertz CT molecular complexity index is 1310. The Morgan fingerprint density at radius 1 is 0.881 bits per heavy atom. The predicted octanol–water partition coefficient (Wildman–Crippen LogP) is 9.95. The van der Waals surface area contributed by atoms with Gasteiger partial charge in [-0.15, -0.1) is 5.11 Å². The number of alkyl halides is 1. The number of halogens is 1. The molecule has 3 aromatic carbocycles. The van der Waals surface area contributed by atoms with E-state index >= 15 is 0 Å². The van der Waals surface area contributed by atoms with Gasteiger partial charge >= 0.3 is 5.97 Å². The third-order valence-corrected chi connectivity index (χ3v) is 6.54. The van der Waals surface area contributed by atoms with Crippen molar-refractivity contribution in [2.24, 2.45) is 20.6 Å². The summed E-state index contributed by atoms with van der Waals surface area (Å²) in [6.45, 7) is 9.63. The standard InChI is InChI=1S/C32H37BrN4O5/c1-5-7-8-9-22-40-31(38)32(4,33)23-41-30-20-12-26(13-21-30)25-10-14-27(15-11-25)34-35-28-16-18-29(19-17-28)36-37-42-24(3)39-6-2/h6,10-21,24H,2,5,7-9,22-23H2,1,3-4H3. The average molecular weight is 638 g/mol. The van der Waals surface area contributed by atoms with E-state index in [-0.39, 0.29) is 12.6 Å². The smallest absolute Gasteiger partial charge is 0.326 e. The predicted molar refractivity (Wildman–Crippen MR) is 167 cm³/mol. The molecule has 10 heteroatoms. The normalized spacial score (nSPS) is 13.4. The van der Waals surface area contributed by atoms with Gasteiger partial charge in [-0.2, -0.15) is 10.2 Å². The summed E-state index contributed by atoms with van der Waals surface area (Å²) in [4.78, 5) is 17.4. The minimum Gasteiger partial charge on any atom is -0.492 e. The van der Waals surface area contributed by atoms with E-state index in [1.165, 1.54) is 6.26 Å². The zero-order valence-electron chi connectivity index (χ0n) is 24.2. The summed E-state index contributed by atoms with van der Waals surface area (Å²) in [5, 5.41) is 16.2. The van der Waals surface area contributed by atoms with Crippen LogP contribution < -0.4 is 4.74 Å². The van der Waals surface area contributed by atoms with Gasteiger partial charge in [0, 0.05) is 12.2 Å². The lowest BCUT2D eigenvalue weighted by Crippen LogP contribution is -2.37. The fraction of sp³-hybridized carbons (Fsp3) is 0.344. The molecule has 3 rings (SSSR count). The van der Waals surface area contributed by atoms with Gasteiger partial charge in [0.25, 0.3) is 6.29 Å². The number of unbranched alkanes of at least 4 members (excludes halogenated alkanes) is 3. The van der Waals surface area contributed by atoms with E-state index < -0.39 is 10.6 Å². The van der Waals surface area contributed by atoms with Gasteiger partial charge in [-0.3, -0.25) is 4.79 Å². The van der Waals surface area contributed by atoms with Crippen LogP contribution in [0.25, 0.3) is 11.1 Å². The Hall–Kier alpha value is -4.05. The van der Waals surface area contributed by atoms with Crippen LogP contribution in [0.5, 0.6) is 5.75 Å². The van der Waals surface area contributed by atoms with Gasteiger partial charge in [0.1, 0.15) is 12.4 Å². The zero-order chi connectivity index (χ0) is 30.2. The third-order valence-electron chi connectivity index (χ3n) is 5.99. The molecule has 0 heterocycles. The first-order chi connectivity index (χ1) is 20.3. The van der Waals surface area contributed by atoms with E-state index in [0.717, 1.165) is 42.5 Å². The molecule has 0 saturated carbocycles. The highest BCUT2D eigenvalue weighted by molar-refractivity contribution is 9.10. The van der Waals surface area contributed by atoms with Crippen molar-refractivity contribution >= 4 is 39.0 Å². The van der Waals surface area contributed by atoms with Crippen molar-refractivity contribution < 1.29 is 23.8 Å². The number of hydrogen-bond donors (Lipinski definition) is 0. The van der Waals surface area contributed by atoms with E-state index in [9.17, 15) is 4.79 Å². The molecular formula is C32H37BrN4O5. The molecule has 222 valence electrons. The fourth-order valence-corrected chi connectivity index (χ4v) is 3.81. The minimum absolute atomic E-state index is 0.159. The molecule has 0 aliphatic heterocycles. The van der Waals surface area contributed by atoms with Gasteiger partial charge in [0.05, 0.1) is 29.9 Å². The molecule has 0 bridgehead atoms. The molecule has 0 aromatic heterocycles. The first-order valence-corrected chi connectivity index (χ1v) is 14.6. The number of hydrogen-bond acceptors (Lipinski definition) is 9. The van der Waals surface area contributed by atoms with Gasteiger partial charge < -0.3 is 19.0 Å². The molecule has 0 amide bonds. The average Bonchev–Trinajstić information content (AvgIpc) is 3.00. The van der Waals surface area contributed by atoms with Crippen molar-refractivity contribution in [1.29, 1.82) is 0 Å². The van der Waals surface area contributed by atoms with Crippen LogP contribution in [0.3, 0.4) is 0 Å². The maximum atomic E-state index is 12.4. The third kappa shape index (κ3) is 11.1. The number of benzene rings is 3. The molecule has 0 N–H and O–H groups in total. The molecule has 42 heavy (non-hydrogen) atoms. The van der Waals surface area contributed by atoms with Crippen LogP contribution in [0.15, 0.2) is 106 Å². The van der Waals surface area contributed by atoms with Crippen molar-refractivity contribution in [1.82, 2.24) is 0 Å². The van der Waals surface area contributed by atoms with E-state index in [4.69, 9.17) is 19.0 Å². The fourth-order valence-electron chi connectivity index (χ4n) is 3.59. The van der Waals surface area contributed by atoms with Crippen molar-refractivity contribution in [3.63, 3.8) is 0 Å². The van der Waals surface area contributed by atoms with Crippen LogP contribution in [0.1, 0.15) is 46.5 Å². The quantitative estimate of drug-likeness (QED) is 0.0279. The van der Waals surface area contributed by atoms with Crippen LogP contribution in [0.4, 0.5) is 17.1 Å². The summed E-state index contributed by atoms with van der Waals surface area (Å²) in [6, 6.07) is 22.6. The molecule has 3 aromatic rings. The Morgan fingerprint density at radius 2 is 1.43 bits per heavy atom. The first kappa shape index (κ1) is 32.5. The number of carbonyl (C=O) groups excluding carboxylic acids is 1. The Balaban J connectivity index is 1.48. The highest BCUT2D eigenvalue weighted by Crippen LogP contribution is 2.28. The molecule has 2 atom stereocenters. The second-order valence-electron chi connectivity index (χ2n) is 9.63. The number of ether oxygens (including phenoxy) is 3. The van der Waals surface area contributed by atoms with Crippen LogP contribution in [-0.4, -0.2) is 29.8 Å². The Kier molecular flexibility index (Phi) is 13.2. The molecule has 0 fully saturated rings. The second-order valence-corrected chi connectivity index (χ2v) is 11.4. The van der Waals surface area contributed by atoms with Crippen LogP contribution in [0.2, 0.25) is 0 Å². The zero-order valence-corrected chi connectivity index (χ0v) is 25.8. The van der Waals surface area contributed by atoms with Gasteiger partial charge in [-0.05, 0) is 73.0 Å². The van der Waals surface area contributed by atoms with Gasteiger partial charge in [-0.1, -0.05) is 73.0 Å². The first-order valence-electron chi connectivity index (χ1n) is 13.8. The summed E-state index contributed by atoms with van der Waals surface area (Å²) < 4.78 is 15.3. The minimum atomic E-state index is -0.914. The number of azo groups is 1. The largest absolute Gasteiger partial charge is 0.492 e. The lowest BCUT2D eigenvalue weighted by Gasteiger charge is -2.21. The summed E-state index contributed by atoms with van der Waals surface area (Å²) in [7, 11) is 0. The van der Waals surface area contributed by atoms with E-state index in [2.05, 4.69) is 50.1 Å². The molecule has 0 saturated heterocycles. The Morgan fingerprint density at radius 3 is 2.00 bits per heavy atom. The maximum Gasteiger partial charge on any atom is 0.326 e. The van der Waals surface area contributed by atoms with E-state index in [1.54, 1.807) is 38.1 Å². The maximum absolute atomic E-state index is 12.4. The highest BCUT2D eigenvalue weighted by Gasteiger charge is 2.33. The number of rotatable bonds is 17. The number of nitrogens with zero attached hydrogens (tertiary/aromatic N) is 4. The summed E-state index contributed by atoms with van der Waals surface area (Å²) in [5.41, 5.74) is 4.07. The SMILES string of the molecule is C=COC(C)ON=Nc1ccc(N=Nc2ccc(-c3ccc(OCC(C)(Br)C(=O)OCCCCCC)cc3)cc2)cc1. The molecule has 9 nitrogen and oxygen atoms in total. The molecule has 0 radical (unpaired) electrons. The van der Waals surface area contributed by atoms with Crippen molar-refractivity contribution in [3.8, 4) is 16.9 Å². The molecule has 2 unspecified atom stereocenters. The van der Waals surface area contributed by atoms with Crippen LogP contribution >= 0.6 is 15.9 Å². The second kappa shape index (κ2) is 17.0. The summed E-state index contributed by atoms with van der Waals surface area (Å²) in [5.74, 6) is 0.351. The van der Waals surface area contributed by atoms with Crippen molar-refractivity contribution in [3.05, 3.63) is 85.6 Å². The van der Waals surface area contributed by atoms with Gasteiger partial charge in [-0.25, -0.2) is 0 Å². The number of esters is 1. The van der Waals surface area contributed by atoms with Gasteiger partial charge in [0.15, 0.2) is 4.32 Å². The molecule has 0 aliphatic rings. The summed E-state index contributed by atoms with van der Waals surface area (Å²) in [6.07, 6.45) is 4.94. The van der Waals surface area contributed by atoms with Crippen LogP contribution in [-0.2, 0) is 19.1 Å². The monoisotopic (exact) mass is 636 g/mol. The van der Waals surface area contributed by atoms with Crippen LogP contribution in [0, 0.1) is 0 Å². The highest BCUT2D eigenvalue weighted by atomic mass is 79.9. The molecule has 0 spiro atoms. The lowest BCUT2D eigenvalue weighted by molar-refractivity contribution is -0.146.